The van der Waals surface area contributed by atoms with Crippen LogP contribution in [0.1, 0.15) is 13.3 Å². The normalized spacial score (nSPS) is 12.5. The maximum absolute atomic E-state index is 10.5. The zero-order valence-electron chi connectivity index (χ0n) is 8.55. The fraction of sp³-hybridized carbons (Fsp3) is 0.556. The fourth-order valence-corrected chi connectivity index (χ4v) is 1.18. The summed E-state index contributed by atoms with van der Waals surface area (Å²) >= 11 is 0. The van der Waals surface area contributed by atoms with Gasteiger partial charge in [-0.3, -0.25) is 9.69 Å². The number of aryl methyl sites for hydroxylation is 1. The molecule has 1 atom stereocenters. The molecule has 0 spiro atoms. The smallest absolute Gasteiger partial charge is 0.216 e. The van der Waals surface area contributed by atoms with E-state index in [1.807, 2.05) is 17.7 Å². The molecule has 14 heavy (non-hydrogen) atoms. The van der Waals surface area contributed by atoms with Crippen molar-refractivity contribution in [3.05, 3.63) is 12.4 Å². The summed E-state index contributed by atoms with van der Waals surface area (Å²) in [7, 11) is 1.68. The fourth-order valence-electron chi connectivity index (χ4n) is 1.18. The first-order chi connectivity index (χ1) is 6.65. The highest BCUT2D eigenvalue weighted by molar-refractivity contribution is 5.70. The summed E-state index contributed by atoms with van der Waals surface area (Å²) in [6, 6.07) is 0.159. The van der Waals surface area contributed by atoms with Gasteiger partial charge in [-0.25, -0.2) is 4.98 Å². The Balaban J connectivity index is 2.67. The molecule has 1 aromatic rings. The van der Waals surface area contributed by atoms with Crippen LogP contribution in [0.15, 0.2) is 12.4 Å². The molecule has 0 saturated heterocycles. The number of amides is 1. The lowest BCUT2D eigenvalue weighted by Gasteiger charge is -2.13. The first-order valence-corrected chi connectivity index (χ1v) is 4.60. The Bertz CT molecular complexity index is 295. The van der Waals surface area contributed by atoms with Crippen molar-refractivity contribution >= 4 is 12.4 Å². The third-order valence-corrected chi connectivity index (χ3v) is 1.99. The van der Waals surface area contributed by atoms with Gasteiger partial charge in [0.05, 0.1) is 0 Å². The van der Waals surface area contributed by atoms with Crippen LogP contribution in [0.5, 0.6) is 0 Å². The molecule has 0 fully saturated rings. The quantitative estimate of drug-likeness (QED) is 0.685. The largest absolute Gasteiger partial charge is 0.328 e. The van der Waals surface area contributed by atoms with Crippen molar-refractivity contribution in [3.63, 3.8) is 0 Å². The molecule has 1 amide bonds. The predicted octanol–water partition coefficient (Wildman–Crippen LogP) is 0.213. The average Bonchev–Trinajstić information content (AvgIpc) is 2.61. The SMILES string of the molecule is CC(N)CCn1ccnc1N(C)C=O. The van der Waals surface area contributed by atoms with Gasteiger partial charge in [0.2, 0.25) is 12.4 Å². The lowest BCUT2D eigenvalue weighted by atomic mass is 10.2. The zero-order chi connectivity index (χ0) is 10.6. The van der Waals surface area contributed by atoms with Gasteiger partial charge in [-0.1, -0.05) is 0 Å². The number of carbonyl (C=O) groups excluding carboxylic acids is 1. The maximum atomic E-state index is 10.5. The van der Waals surface area contributed by atoms with Crippen LogP contribution in [0.3, 0.4) is 0 Å². The van der Waals surface area contributed by atoms with Crippen molar-refractivity contribution in [2.75, 3.05) is 11.9 Å². The van der Waals surface area contributed by atoms with Crippen LogP contribution < -0.4 is 10.6 Å². The van der Waals surface area contributed by atoms with Crippen LogP contribution in [0.4, 0.5) is 5.95 Å². The number of hydrogen-bond acceptors (Lipinski definition) is 3. The molecule has 1 aromatic heterocycles. The van der Waals surface area contributed by atoms with E-state index in [0.29, 0.717) is 5.95 Å². The van der Waals surface area contributed by atoms with E-state index in [4.69, 9.17) is 5.73 Å². The summed E-state index contributed by atoms with van der Waals surface area (Å²) in [5, 5.41) is 0. The third kappa shape index (κ3) is 2.56. The van der Waals surface area contributed by atoms with E-state index < -0.39 is 0 Å². The second-order valence-electron chi connectivity index (χ2n) is 3.40. The molecule has 0 bridgehead atoms. The minimum atomic E-state index is 0.159. The molecule has 0 aliphatic heterocycles. The topological polar surface area (TPSA) is 64.2 Å². The van der Waals surface area contributed by atoms with Gasteiger partial charge in [0.25, 0.3) is 0 Å². The minimum Gasteiger partial charge on any atom is -0.328 e. The van der Waals surface area contributed by atoms with Gasteiger partial charge in [-0.05, 0) is 13.3 Å². The number of anilines is 1. The van der Waals surface area contributed by atoms with Crippen molar-refractivity contribution in [1.82, 2.24) is 9.55 Å². The number of nitrogens with zero attached hydrogens (tertiary/aromatic N) is 3. The van der Waals surface area contributed by atoms with Crippen LogP contribution in [-0.2, 0) is 11.3 Å². The maximum Gasteiger partial charge on any atom is 0.216 e. The van der Waals surface area contributed by atoms with Crippen molar-refractivity contribution in [3.8, 4) is 0 Å². The summed E-state index contributed by atoms with van der Waals surface area (Å²) in [6.45, 7) is 2.74. The van der Waals surface area contributed by atoms with E-state index in [1.165, 1.54) is 4.90 Å². The van der Waals surface area contributed by atoms with E-state index in [-0.39, 0.29) is 6.04 Å². The van der Waals surface area contributed by atoms with Gasteiger partial charge in [0.1, 0.15) is 0 Å². The second-order valence-corrected chi connectivity index (χ2v) is 3.40. The number of carbonyl (C=O) groups is 1. The molecular weight excluding hydrogens is 180 g/mol. The Morgan fingerprint density at radius 3 is 3.07 bits per heavy atom. The molecule has 0 radical (unpaired) electrons. The van der Waals surface area contributed by atoms with E-state index >= 15 is 0 Å². The molecule has 0 saturated carbocycles. The zero-order valence-corrected chi connectivity index (χ0v) is 8.55. The summed E-state index contributed by atoms with van der Waals surface area (Å²) in [4.78, 5) is 16.1. The monoisotopic (exact) mass is 196 g/mol. The van der Waals surface area contributed by atoms with Crippen LogP contribution in [0.25, 0.3) is 0 Å². The van der Waals surface area contributed by atoms with Crippen molar-refractivity contribution in [1.29, 1.82) is 0 Å². The molecule has 5 heteroatoms. The lowest BCUT2D eigenvalue weighted by Crippen LogP contribution is -2.22. The van der Waals surface area contributed by atoms with Crippen molar-refractivity contribution < 1.29 is 4.79 Å². The van der Waals surface area contributed by atoms with E-state index in [0.717, 1.165) is 19.4 Å². The number of nitrogens with two attached hydrogens (primary N) is 1. The highest BCUT2D eigenvalue weighted by Gasteiger charge is 2.07. The predicted molar refractivity (Wildman–Crippen MR) is 55.0 cm³/mol. The standard InChI is InChI=1S/C9H16N4O/c1-8(10)3-5-13-6-4-11-9(13)12(2)7-14/h4,6-8H,3,5,10H2,1-2H3. The van der Waals surface area contributed by atoms with Gasteiger partial charge < -0.3 is 10.3 Å². The van der Waals surface area contributed by atoms with Crippen LogP contribution in [-0.4, -0.2) is 29.1 Å². The highest BCUT2D eigenvalue weighted by Crippen LogP contribution is 2.08. The van der Waals surface area contributed by atoms with Gasteiger partial charge in [-0.15, -0.1) is 0 Å². The number of imidazole rings is 1. The molecule has 1 rings (SSSR count). The minimum absolute atomic E-state index is 0.159. The second kappa shape index (κ2) is 4.76. The third-order valence-electron chi connectivity index (χ3n) is 1.99. The van der Waals surface area contributed by atoms with Crippen molar-refractivity contribution in [2.45, 2.75) is 25.9 Å². The van der Waals surface area contributed by atoms with E-state index in [9.17, 15) is 4.79 Å². The molecule has 2 N–H and O–H groups in total. The Morgan fingerprint density at radius 2 is 2.50 bits per heavy atom. The number of rotatable bonds is 5. The van der Waals surface area contributed by atoms with E-state index in [1.54, 1.807) is 13.2 Å². The summed E-state index contributed by atoms with van der Waals surface area (Å²) < 4.78 is 1.91. The molecular formula is C9H16N4O. The molecule has 0 aromatic carbocycles. The van der Waals surface area contributed by atoms with E-state index in [2.05, 4.69) is 4.98 Å². The van der Waals surface area contributed by atoms with Gasteiger partial charge in [-0.2, -0.15) is 0 Å². The summed E-state index contributed by atoms with van der Waals surface area (Å²) in [5.41, 5.74) is 5.65. The van der Waals surface area contributed by atoms with Crippen LogP contribution in [0.2, 0.25) is 0 Å². The number of hydrogen-bond donors (Lipinski definition) is 1. The molecule has 5 nitrogen and oxygen atoms in total. The van der Waals surface area contributed by atoms with Crippen molar-refractivity contribution in [2.24, 2.45) is 5.73 Å². The van der Waals surface area contributed by atoms with Crippen LogP contribution in [0, 0.1) is 0 Å². The van der Waals surface area contributed by atoms with Gasteiger partial charge in [0.15, 0.2) is 0 Å². The molecule has 1 unspecified atom stereocenters. The van der Waals surface area contributed by atoms with Gasteiger partial charge >= 0.3 is 0 Å². The molecule has 0 aliphatic carbocycles. The molecule has 1 heterocycles. The van der Waals surface area contributed by atoms with Crippen LogP contribution >= 0.6 is 0 Å². The molecule has 78 valence electrons. The Labute approximate surface area is 83.5 Å². The molecule has 0 aliphatic rings. The first kappa shape index (κ1) is 10.7. The summed E-state index contributed by atoms with van der Waals surface area (Å²) in [6.07, 6.45) is 5.13. The Morgan fingerprint density at radius 1 is 1.79 bits per heavy atom. The first-order valence-electron chi connectivity index (χ1n) is 4.60. The average molecular weight is 196 g/mol. The van der Waals surface area contributed by atoms with Gasteiger partial charge in [0, 0.05) is 32.0 Å². The number of aromatic nitrogens is 2. The lowest BCUT2D eigenvalue weighted by molar-refractivity contribution is -0.107. The Kier molecular flexibility index (Phi) is 3.64. The highest BCUT2D eigenvalue weighted by atomic mass is 16.1. The summed E-state index contributed by atoms with van der Waals surface area (Å²) in [5.74, 6) is 0.653. The Hall–Kier alpha value is -1.36.